The number of ether oxygens (including phenoxy) is 2. The van der Waals surface area contributed by atoms with Crippen molar-refractivity contribution < 1.29 is 28.7 Å². The number of fused-ring (bicyclic) bond motifs is 4. The van der Waals surface area contributed by atoms with Gasteiger partial charge < -0.3 is 41.0 Å². The zero-order chi connectivity index (χ0) is 55.4. The number of aromatic nitrogens is 6. The van der Waals surface area contributed by atoms with Crippen LogP contribution in [0, 0.1) is 0 Å². The fourth-order valence-electron chi connectivity index (χ4n) is 8.34. The van der Waals surface area contributed by atoms with Gasteiger partial charge in [-0.15, -0.1) is 45.3 Å². The number of carbonyl (C=O) groups excluding carboxylic acids is 4. The minimum Gasteiger partial charge on any atom is -0.444 e. The van der Waals surface area contributed by atoms with E-state index in [0.29, 0.717) is 58.5 Å². The Bertz CT molecular complexity index is 3300. The number of amides is 4. The molecule has 2 aliphatic heterocycles. The molecule has 0 spiro atoms. The van der Waals surface area contributed by atoms with Gasteiger partial charge in [0.2, 0.25) is 11.8 Å². The fourth-order valence-corrected chi connectivity index (χ4v) is 13.0. The van der Waals surface area contributed by atoms with Crippen molar-refractivity contribution in [3.8, 4) is 21.1 Å². The summed E-state index contributed by atoms with van der Waals surface area (Å²) in [7, 11) is 0. The second-order valence-corrected chi connectivity index (χ2v) is 24.5. The molecule has 0 fully saturated rings. The van der Waals surface area contributed by atoms with E-state index in [1.54, 1.807) is 69.7 Å². The normalized spacial score (nSPS) is 13.1. The van der Waals surface area contributed by atoms with Gasteiger partial charge in [-0.25, -0.2) is 19.6 Å². The highest BCUT2D eigenvalue weighted by Crippen LogP contribution is 2.47. The number of nitrogens with zero attached hydrogens (tertiary/aromatic N) is 8. The summed E-state index contributed by atoms with van der Waals surface area (Å²) in [6.45, 7) is 18.8. The quantitative estimate of drug-likeness (QED) is 0.0621. The number of nitrogens with one attached hydrogen (secondary N) is 3. The van der Waals surface area contributed by atoms with Gasteiger partial charge in [-0.2, -0.15) is 0 Å². The average Bonchev–Trinajstić information content (AvgIpc) is 4.23. The summed E-state index contributed by atoms with van der Waals surface area (Å²) in [5.74, 6) is -0.336. The van der Waals surface area contributed by atoms with E-state index < -0.39 is 11.2 Å². The molecule has 8 aromatic heterocycles. The van der Waals surface area contributed by atoms with Crippen molar-refractivity contribution in [2.24, 2.45) is 5.73 Å². The predicted molar refractivity (Wildman–Crippen MR) is 312 cm³/mol. The van der Waals surface area contributed by atoms with Crippen LogP contribution in [0.25, 0.3) is 41.6 Å². The van der Waals surface area contributed by atoms with Crippen molar-refractivity contribution in [3.05, 3.63) is 131 Å². The summed E-state index contributed by atoms with van der Waals surface area (Å²) in [6.07, 6.45) is 18.3. The molecule has 22 heteroatoms. The summed E-state index contributed by atoms with van der Waals surface area (Å²) in [6, 6.07) is 11.8. The Morgan fingerprint density at radius 3 is 1.59 bits per heavy atom. The standard InChI is InChI=1S/C28H32N6O3S2.C21H22N4O3S2.C7H10N2/c1-28(2,3)37-27(36)34-14-9-19-22(17-34)39-26(24(19)25-32-20-16-31-12-7-21(20)38-25)33-23(35)8-13-29-11-6-18-5-4-10-30-15-18;1-5-16(26)24-19-17(18-23-13-10-22-8-6-14(13)29-18)12-7-9-25(11-15(12)30-19)20(27)28-21(2,3)4;8-4-3-7-2-1-5-9-6-7/h4-5,7,10,12,15-16,29H,6,8-9,11,13-14,17H2,1-3H3,(H,33,35);5-6,8,10H,1,7,9,11H2,2-4H3,(H,24,26);1-2,5-6H,3-4,8H2. The highest BCUT2D eigenvalue weighted by molar-refractivity contribution is 7.23. The summed E-state index contributed by atoms with van der Waals surface area (Å²) >= 11 is 6.14. The molecule has 0 radical (unpaired) electrons. The maximum absolute atomic E-state index is 13.0. The van der Waals surface area contributed by atoms with Crippen LogP contribution in [0.2, 0.25) is 0 Å². The van der Waals surface area contributed by atoms with Crippen LogP contribution in [0.15, 0.2) is 98.6 Å². The van der Waals surface area contributed by atoms with Crippen LogP contribution in [0.1, 0.15) is 80.0 Å². The van der Waals surface area contributed by atoms with E-state index in [4.69, 9.17) is 25.2 Å². The minimum atomic E-state index is -0.557. The molecule has 8 aromatic rings. The molecular formula is C56H64N12O6S4. The lowest BCUT2D eigenvalue weighted by Crippen LogP contribution is -2.39. The number of pyridine rings is 4. The fraction of sp³-hybridized carbons (Fsp3) is 0.357. The summed E-state index contributed by atoms with van der Waals surface area (Å²) in [5, 5.41) is 12.6. The largest absolute Gasteiger partial charge is 0.444 e. The first kappa shape index (κ1) is 57.1. The van der Waals surface area contributed by atoms with E-state index in [2.05, 4.69) is 42.5 Å². The molecule has 10 heterocycles. The van der Waals surface area contributed by atoms with Crippen molar-refractivity contribution in [2.75, 3.05) is 43.4 Å². The van der Waals surface area contributed by atoms with Crippen molar-refractivity contribution >= 4 is 99.8 Å². The van der Waals surface area contributed by atoms with Gasteiger partial charge in [0.25, 0.3) is 0 Å². The first-order chi connectivity index (χ1) is 37.4. The molecule has 0 aromatic carbocycles. The van der Waals surface area contributed by atoms with Crippen LogP contribution in [0.5, 0.6) is 0 Å². The van der Waals surface area contributed by atoms with E-state index in [1.807, 2.05) is 90.3 Å². The minimum absolute atomic E-state index is 0.0597. The molecule has 4 amide bonds. The Balaban J connectivity index is 0.000000181. The molecule has 2 aliphatic rings. The van der Waals surface area contributed by atoms with Gasteiger partial charge in [0.1, 0.15) is 42.3 Å². The van der Waals surface area contributed by atoms with Gasteiger partial charge in [-0.1, -0.05) is 18.7 Å². The topological polar surface area (TPSA) is 233 Å². The van der Waals surface area contributed by atoms with Crippen molar-refractivity contribution in [3.63, 3.8) is 0 Å². The number of thiazole rings is 2. The average molecular weight is 1130 g/mol. The highest BCUT2D eigenvalue weighted by atomic mass is 32.1. The number of hydrogen-bond acceptors (Lipinski definition) is 18. The van der Waals surface area contributed by atoms with Crippen LogP contribution >= 0.6 is 45.3 Å². The number of thiophene rings is 2. The van der Waals surface area contributed by atoms with Crippen LogP contribution in [-0.2, 0) is 57.8 Å². The molecule has 0 saturated heterocycles. The predicted octanol–water partition coefficient (Wildman–Crippen LogP) is 10.7. The van der Waals surface area contributed by atoms with Crippen molar-refractivity contribution in [1.82, 2.24) is 45.0 Å². The third kappa shape index (κ3) is 15.3. The lowest BCUT2D eigenvalue weighted by atomic mass is 10.0. The molecule has 10 rings (SSSR count). The van der Waals surface area contributed by atoms with Gasteiger partial charge in [0.05, 0.1) is 34.9 Å². The number of rotatable bonds is 13. The molecule has 0 unspecified atom stereocenters. The summed E-state index contributed by atoms with van der Waals surface area (Å²) in [4.78, 5) is 81.8. The highest BCUT2D eigenvalue weighted by Gasteiger charge is 2.33. The zero-order valence-electron chi connectivity index (χ0n) is 44.6. The van der Waals surface area contributed by atoms with E-state index in [1.165, 1.54) is 34.3 Å². The zero-order valence-corrected chi connectivity index (χ0v) is 47.9. The molecule has 0 atom stereocenters. The lowest BCUT2D eigenvalue weighted by molar-refractivity contribution is -0.116. The smallest absolute Gasteiger partial charge is 0.410 e. The maximum Gasteiger partial charge on any atom is 0.410 e. The Morgan fingerprint density at radius 2 is 1.14 bits per heavy atom. The number of nitrogens with two attached hydrogens (primary N) is 1. The molecule has 78 heavy (non-hydrogen) atoms. The van der Waals surface area contributed by atoms with Gasteiger partial charge in [-0.3, -0.25) is 29.5 Å². The Morgan fingerprint density at radius 1 is 0.654 bits per heavy atom. The second kappa shape index (κ2) is 26.0. The summed E-state index contributed by atoms with van der Waals surface area (Å²) in [5.41, 5.74) is 12.4. The number of hydrogen-bond donors (Lipinski definition) is 4. The van der Waals surface area contributed by atoms with Crippen molar-refractivity contribution in [2.45, 2.75) is 97.9 Å². The van der Waals surface area contributed by atoms with Gasteiger partial charge in [0.15, 0.2) is 0 Å². The van der Waals surface area contributed by atoms with Crippen molar-refractivity contribution in [1.29, 1.82) is 0 Å². The molecule has 5 N–H and O–H groups in total. The Labute approximate surface area is 469 Å². The first-order valence-corrected chi connectivity index (χ1v) is 28.8. The van der Waals surface area contributed by atoms with E-state index in [-0.39, 0.29) is 24.0 Å². The van der Waals surface area contributed by atoms with Gasteiger partial charge in [0, 0.05) is 84.1 Å². The molecule has 408 valence electrons. The SMILES string of the molecule is C=CC(=O)Nc1sc2c(c1-c1nc3cnccc3s1)CCN(C(=O)OC(C)(C)C)C2.CC(C)(C)OC(=O)N1CCc2c(sc(NC(=O)CCNCCc3cccnc3)c2-c2nc3cnccc3s2)C1.NCCc1cccnc1. The van der Waals surface area contributed by atoms with Gasteiger partial charge in [-0.05, 0) is 133 Å². The molecular weight excluding hydrogens is 1060 g/mol. The van der Waals surface area contributed by atoms with Crippen LogP contribution in [0.4, 0.5) is 19.6 Å². The maximum atomic E-state index is 13.0. The molecule has 18 nitrogen and oxygen atoms in total. The van der Waals surface area contributed by atoms with E-state index in [9.17, 15) is 19.2 Å². The summed E-state index contributed by atoms with van der Waals surface area (Å²) < 4.78 is 13.2. The van der Waals surface area contributed by atoms with Crippen LogP contribution < -0.4 is 21.7 Å². The molecule has 0 bridgehead atoms. The molecule has 0 saturated carbocycles. The van der Waals surface area contributed by atoms with Crippen LogP contribution in [-0.4, -0.2) is 108 Å². The van der Waals surface area contributed by atoms with Crippen LogP contribution in [0.3, 0.4) is 0 Å². The third-order valence-electron chi connectivity index (χ3n) is 11.9. The lowest BCUT2D eigenvalue weighted by Gasteiger charge is -2.30. The first-order valence-electron chi connectivity index (χ1n) is 25.5. The Kier molecular flexibility index (Phi) is 19.1. The van der Waals surface area contributed by atoms with Gasteiger partial charge >= 0.3 is 12.2 Å². The second-order valence-electron chi connectivity index (χ2n) is 20.2. The Hall–Kier alpha value is -7.08. The molecule has 0 aliphatic carbocycles. The van der Waals surface area contributed by atoms with E-state index >= 15 is 0 Å². The number of anilines is 2. The number of carbonyl (C=O) groups is 4. The monoisotopic (exact) mass is 1130 g/mol. The third-order valence-corrected chi connectivity index (χ3v) is 16.3. The van der Waals surface area contributed by atoms with E-state index in [0.717, 1.165) is 97.4 Å².